The van der Waals surface area contributed by atoms with Crippen LogP contribution in [0.1, 0.15) is 43.0 Å². The van der Waals surface area contributed by atoms with Crippen LogP contribution in [-0.4, -0.2) is 19.1 Å². The number of rotatable bonds is 7. The molecule has 134 valence electrons. The zero-order valence-electron chi connectivity index (χ0n) is 15.6. The molecule has 0 aliphatic heterocycles. The summed E-state index contributed by atoms with van der Waals surface area (Å²) in [5.41, 5.74) is 3.55. The zero-order chi connectivity index (χ0) is 18.4. The van der Waals surface area contributed by atoms with E-state index in [0.717, 1.165) is 5.56 Å². The minimum atomic E-state index is -0.565. The maximum atomic E-state index is 12.6. The second kappa shape index (κ2) is 8.56. The molecule has 0 fully saturated rings. The van der Waals surface area contributed by atoms with Gasteiger partial charge >= 0.3 is 0 Å². The fourth-order valence-corrected chi connectivity index (χ4v) is 2.62. The highest BCUT2D eigenvalue weighted by atomic mass is 16.5. The van der Waals surface area contributed by atoms with Gasteiger partial charge in [0.05, 0.1) is 13.2 Å². The van der Waals surface area contributed by atoms with Gasteiger partial charge in [-0.25, -0.2) is 0 Å². The molecule has 0 saturated carbocycles. The van der Waals surface area contributed by atoms with Crippen LogP contribution in [0.3, 0.4) is 0 Å². The molecule has 0 aliphatic carbocycles. The van der Waals surface area contributed by atoms with Crippen molar-refractivity contribution in [2.75, 3.05) is 7.11 Å². The van der Waals surface area contributed by atoms with Crippen molar-refractivity contribution >= 4 is 5.91 Å². The van der Waals surface area contributed by atoms with E-state index in [1.807, 2.05) is 38.1 Å². The second-order valence-electron chi connectivity index (χ2n) is 6.24. The summed E-state index contributed by atoms with van der Waals surface area (Å²) in [6, 6.07) is 13.5. The van der Waals surface area contributed by atoms with Crippen LogP contribution >= 0.6 is 0 Å². The lowest BCUT2D eigenvalue weighted by atomic mass is 10.0. The number of carbonyl (C=O) groups is 1. The molecule has 0 spiro atoms. The molecule has 0 heterocycles. The topological polar surface area (TPSA) is 47.6 Å². The summed E-state index contributed by atoms with van der Waals surface area (Å²) < 4.78 is 11.2. The predicted octanol–water partition coefficient (Wildman–Crippen LogP) is 4.35. The Balaban J connectivity index is 2.07. The van der Waals surface area contributed by atoms with Crippen LogP contribution < -0.4 is 14.8 Å². The lowest BCUT2D eigenvalue weighted by Crippen LogP contribution is -2.39. The van der Waals surface area contributed by atoms with Crippen LogP contribution in [-0.2, 0) is 4.79 Å². The van der Waals surface area contributed by atoms with Crippen LogP contribution in [0.5, 0.6) is 11.5 Å². The van der Waals surface area contributed by atoms with E-state index in [-0.39, 0.29) is 11.9 Å². The average Bonchev–Trinajstić information content (AvgIpc) is 2.61. The van der Waals surface area contributed by atoms with Crippen LogP contribution in [0.15, 0.2) is 42.5 Å². The minimum Gasteiger partial charge on any atom is -0.493 e. The Hall–Kier alpha value is -2.49. The Labute approximate surface area is 150 Å². The van der Waals surface area contributed by atoms with Gasteiger partial charge in [-0.05, 0) is 56.0 Å². The maximum absolute atomic E-state index is 12.6. The molecular weight excluding hydrogens is 314 g/mol. The van der Waals surface area contributed by atoms with Crippen LogP contribution in [0.4, 0.5) is 0 Å². The van der Waals surface area contributed by atoms with Crippen LogP contribution in [0, 0.1) is 13.8 Å². The monoisotopic (exact) mass is 341 g/mol. The number of para-hydroxylation sites is 2. The fourth-order valence-electron chi connectivity index (χ4n) is 2.62. The van der Waals surface area contributed by atoms with Gasteiger partial charge in [0.25, 0.3) is 5.91 Å². The van der Waals surface area contributed by atoms with Gasteiger partial charge in [0.1, 0.15) is 0 Å². The normalized spacial score (nSPS) is 13.0. The lowest BCUT2D eigenvalue weighted by molar-refractivity contribution is -0.128. The SMILES string of the molecule is CC[C@@H](Oc1ccccc1OC)C(=O)N[C@H](C)c1ccc(C)c(C)c1. The van der Waals surface area contributed by atoms with Crippen molar-refractivity contribution in [1.29, 1.82) is 0 Å². The third kappa shape index (κ3) is 4.75. The fraction of sp³-hybridized carbons (Fsp3) is 0.381. The Kier molecular flexibility index (Phi) is 6.45. The molecule has 2 aromatic rings. The molecule has 1 amide bonds. The van der Waals surface area contributed by atoms with Gasteiger partial charge in [-0.1, -0.05) is 37.3 Å². The van der Waals surface area contributed by atoms with Crippen molar-refractivity contribution < 1.29 is 14.3 Å². The first-order valence-corrected chi connectivity index (χ1v) is 8.63. The molecule has 0 saturated heterocycles. The lowest BCUT2D eigenvalue weighted by Gasteiger charge is -2.22. The minimum absolute atomic E-state index is 0.0814. The van der Waals surface area contributed by atoms with E-state index < -0.39 is 6.10 Å². The predicted molar refractivity (Wildman–Crippen MR) is 100 cm³/mol. The molecule has 2 aromatic carbocycles. The summed E-state index contributed by atoms with van der Waals surface area (Å²) in [5, 5.41) is 3.05. The summed E-state index contributed by atoms with van der Waals surface area (Å²) in [6.07, 6.45) is 0.00840. The highest BCUT2D eigenvalue weighted by Crippen LogP contribution is 2.27. The summed E-state index contributed by atoms with van der Waals surface area (Å²) >= 11 is 0. The van der Waals surface area contributed by atoms with Crippen molar-refractivity contribution in [3.05, 3.63) is 59.2 Å². The zero-order valence-corrected chi connectivity index (χ0v) is 15.6. The first-order valence-electron chi connectivity index (χ1n) is 8.63. The second-order valence-corrected chi connectivity index (χ2v) is 6.24. The van der Waals surface area contributed by atoms with Gasteiger partial charge in [0.15, 0.2) is 17.6 Å². The van der Waals surface area contributed by atoms with E-state index in [1.54, 1.807) is 7.11 Å². The molecular formula is C21H27NO3. The van der Waals surface area contributed by atoms with Crippen molar-refractivity contribution in [2.24, 2.45) is 0 Å². The number of methoxy groups -OCH3 is 1. The third-order valence-electron chi connectivity index (χ3n) is 4.39. The largest absolute Gasteiger partial charge is 0.493 e. The number of nitrogens with one attached hydrogen (secondary N) is 1. The Morgan fingerprint density at radius 3 is 2.36 bits per heavy atom. The number of amides is 1. The number of hydrogen-bond donors (Lipinski definition) is 1. The average molecular weight is 341 g/mol. The molecule has 0 unspecified atom stereocenters. The Morgan fingerprint density at radius 2 is 1.76 bits per heavy atom. The number of hydrogen-bond acceptors (Lipinski definition) is 3. The highest BCUT2D eigenvalue weighted by molar-refractivity contribution is 5.81. The van der Waals surface area contributed by atoms with Gasteiger partial charge in [-0.2, -0.15) is 0 Å². The number of carbonyl (C=O) groups excluding carboxylic acids is 1. The van der Waals surface area contributed by atoms with E-state index in [4.69, 9.17) is 9.47 Å². The van der Waals surface area contributed by atoms with E-state index in [1.165, 1.54) is 11.1 Å². The van der Waals surface area contributed by atoms with Gasteiger partial charge in [0.2, 0.25) is 0 Å². The first kappa shape index (κ1) is 18.8. The highest BCUT2D eigenvalue weighted by Gasteiger charge is 2.22. The summed E-state index contributed by atoms with van der Waals surface area (Å²) in [6.45, 7) is 8.07. The van der Waals surface area contributed by atoms with Crippen LogP contribution in [0.2, 0.25) is 0 Å². The van der Waals surface area contributed by atoms with Crippen LogP contribution in [0.25, 0.3) is 0 Å². The third-order valence-corrected chi connectivity index (χ3v) is 4.39. The Morgan fingerprint density at radius 1 is 1.08 bits per heavy atom. The Bertz CT molecular complexity index is 727. The molecule has 4 heteroatoms. The smallest absolute Gasteiger partial charge is 0.261 e. The van der Waals surface area contributed by atoms with E-state index >= 15 is 0 Å². The van der Waals surface area contributed by atoms with Crippen molar-refractivity contribution in [3.63, 3.8) is 0 Å². The van der Waals surface area contributed by atoms with Gasteiger partial charge < -0.3 is 14.8 Å². The number of benzene rings is 2. The van der Waals surface area contributed by atoms with Gasteiger partial charge in [0, 0.05) is 0 Å². The molecule has 1 N–H and O–H groups in total. The van der Waals surface area contributed by atoms with Gasteiger partial charge in [-0.15, -0.1) is 0 Å². The first-order chi connectivity index (χ1) is 12.0. The molecule has 0 radical (unpaired) electrons. The molecule has 0 bridgehead atoms. The standard InChI is InChI=1S/C21H27NO3/c1-6-18(25-20-10-8-7-9-19(20)24-5)21(23)22-16(4)17-12-11-14(2)15(3)13-17/h7-13,16,18H,6H2,1-5H3,(H,22,23)/t16-,18-/m1/s1. The molecule has 0 aliphatic rings. The number of aryl methyl sites for hydroxylation is 2. The van der Waals surface area contributed by atoms with Gasteiger partial charge in [-0.3, -0.25) is 4.79 Å². The summed E-state index contributed by atoms with van der Waals surface area (Å²) in [5.74, 6) is 1.07. The maximum Gasteiger partial charge on any atom is 0.261 e. The van der Waals surface area contributed by atoms with E-state index in [2.05, 4.69) is 37.4 Å². The number of ether oxygens (including phenoxy) is 2. The van der Waals surface area contributed by atoms with E-state index in [0.29, 0.717) is 17.9 Å². The quantitative estimate of drug-likeness (QED) is 0.814. The molecule has 0 aromatic heterocycles. The molecule has 2 atom stereocenters. The molecule has 2 rings (SSSR count). The van der Waals surface area contributed by atoms with Crippen molar-refractivity contribution in [2.45, 2.75) is 46.3 Å². The molecule has 25 heavy (non-hydrogen) atoms. The summed E-state index contributed by atoms with van der Waals surface area (Å²) in [4.78, 5) is 12.6. The van der Waals surface area contributed by atoms with E-state index in [9.17, 15) is 4.79 Å². The van der Waals surface area contributed by atoms with Crippen molar-refractivity contribution in [1.82, 2.24) is 5.32 Å². The summed E-state index contributed by atoms with van der Waals surface area (Å²) in [7, 11) is 1.59. The van der Waals surface area contributed by atoms with Crippen molar-refractivity contribution in [3.8, 4) is 11.5 Å². The molecule has 4 nitrogen and oxygen atoms in total.